The molecule has 1 aromatic heterocycles. The van der Waals surface area contributed by atoms with Crippen LogP contribution in [0.25, 0.3) is 0 Å². The fraction of sp³-hybridized carbons (Fsp3) is 0.438. The van der Waals surface area contributed by atoms with Gasteiger partial charge in [-0.3, -0.25) is 9.59 Å². The number of hydrogen-bond acceptors (Lipinski definition) is 5. The Balaban J connectivity index is 2.26. The molecule has 0 spiro atoms. The van der Waals surface area contributed by atoms with E-state index in [9.17, 15) is 14.4 Å². The predicted octanol–water partition coefficient (Wildman–Crippen LogP) is 1.83. The Bertz CT molecular complexity index is 760. The zero-order chi connectivity index (χ0) is 16.8. The molecule has 7 heteroatoms. The van der Waals surface area contributed by atoms with Gasteiger partial charge in [0.1, 0.15) is 6.54 Å². The van der Waals surface area contributed by atoms with Crippen molar-refractivity contribution in [3.63, 3.8) is 0 Å². The third kappa shape index (κ3) is 4.19. The molecule has 0 radical (unpaired) electrons. The van der Waals surface area contributed by atoms with Gasteiger partial charge in [0, 0.05) is 11.5 Å². The number of carbonyl (C=O) groups excluding carboxylic acids is 1. The summed E-state index contributed by atoms with van der Waals surface area (Å²) in [5.74, 6) is -0.576. The van der Waals surface area contributed by atoms with E-state index in [4.69, 9.17) is 4.74 Å². The first-order chi connectivity index (χ1) is 11.1. The molecule has 124 valence electrons. The average molecular weight is 336 g/mol. The predicted molar refractivity (Wildman–Crippen MR) is 88.9 cm³/mol. The van der Waals surface area contributed by atoms with Crippen molar-refractivity contribution in [2.24, 2.45) is 0 Å². The molecule has 0 bridgehead atoms. The van der Waals surface area contributed by atoms with Crippen LogP contribution in [0, 0.1) is 0 Å². The van der Waals surface area contributed by atoms with Crippen molar-refractivity contribution in [2.45, 2.75) is 39.3 Å². The van der Waals surface area contributed by atoms with Crippen molar-refractivity contribution in [3.8, 4) is 0 Å². The second-order valence-corrected chi connectivity index (χ2v) is 6.03. The van der Waals surface area contributed by atoms with Gasteiger partial charge in [-0.15, -0.1) is 0 Å². The highest BCUT2D eigenvalue weighted by atomic mass is 32.1. The van der Waals surface area contributed by atoms with Crippen LogP contribution in [0.4, 0.5) is 0 Å². The highest BCUT2D eigenvalue weighted by molar-refractivity contribution is 7.03. The molecule has 0 aliphatic carbocycles. The SMILES string of the molecule is CCOC(=O)Cn1c(=O)sn([C@H](CC)Cc2ccccc2)c1=O. The molecule has 0 fully saturated rings. The van der Waals surface area contributed by atoms with E-state index in [2.05, 4.69) is 0 Å². The van der Waals surface area contributed by atoms with Crippen LogP contribution in [0.15, 0.2) is 39.9 Å². The van der Waals surface area contributed by atoms with Gasteiger partial charge in [0.2, 0.25) is 0 Å². The largest absolute Gasteiger partial charge is 0.465 e. The number of hydrogen-bond donors (Lipinski definition) is 0. The van der Waals surface area contributed by atoms with E-state index in [1.807, 2.05) is 37.3 Å². The van der Waals surface area contributed by atoms with E-state index in [1.165, 1.54) is 3.96 Å². The first kappa shape index (κ1) is 17.2. The molecule has 0 saturated carbocycles. The van der Waals surface area contributed by atoms with E-state index < -0.39 is 16.5 Å². The maximum atomic E-state index is 12.4. The zero-order valence-corrected chi connectivity index (χ0v) is 14.0. The standard InChI is InChI=1S/C16H20N2O4S/c1-3-13(10-12-8-6-5-7-9-12)18-15(20)17(16(21)23-18)11-14(19)22-4-2/h5-9,13H,3-4,10-11H2,1-2H3/t13-/m1/s1. The number of aromatic nitrogens is 2. The lowest BCUT2D eigenvalue weighted by Gasteiger charge is -2.14. The van der Waals surface area contributed by atoms with Gasteiger partial charge in [0.05, 0.1) is 12.6 Å². The zero-order valence-electron chi connectivity index (χ0n) is 13.2. The number of rotatable bonds is 7. The van der Waals surface area contributed by atoms with Crippen molar-refractivity contribution in [3.05, 3.63) is 56.0 Å². The summed E-state index contributed by atoms with van der Waals surface area (Å²) >= 11 is 0.857. The maximum Gasteiger partial charge on any atom is 0.341 e. The molecule has 0 aliphatic rings. The van der Waals surface area contributed by atoms with Crippen molar-refractivity contribution in [2.75, 3.05) is 6.61 Å². The van der Waals surface area contributed by atoms with Crippen molar-refractivity contribution >= 4 is 17.5 Å². The molecule has 2 rings (SSSR count). The molecule has 1 heterocycles. The summed E-state index contributed by atoms with van der Waals surface area (Å²) in [6, 6.07) is 9.70. The van der Waals surface area contributed by atoms with Gasteiger partial charge in [0.25, 0.3) is 0 Å². The average Bonchev–Trinajstić information content (AvgIpc) is 2.82. The topological polar surface area (TPSA) is 70.3 Å². The fourth-order valence-electron chi connectivity index (χ4n) is 2.35. The molecule has 1 aromatic carbocycles. The van der Waals surface area contributed by atoms with E-state index >= 15 is 0 Å². The summed E-state index contributed by atoms with van der Waals surface area (Å²) in [4.78, 5) is 35.6. The molecular formula is C16H20N2O4S. The van der Waals surface area contributed by atoms with Crippen LogP contribution < -0.4 is 10.6 Å². The Hall–Kier alpha value is -2.15. The first-order valence-corrected chi connectivity index (χ1v) is 8.36. The van der Waals surface area contributed by atoms with Crippen LogP contribution in [0.3, 0.4) is 0 Å². The van der Waals surface area contributed by atoms with E-state index in [1.54, 1.807) is 6.92 Å². The lowest BCUT2D eigenvalue weighted by Crippen LogP contribution is -2.33. The van der Waals surface area contributed by atoms with Crippen LogP contribution in [0.5, 0.6) is 0 Å². The summed E-state index contributed by atoms with van der Waals surface area (Å²) in [5.41, 5.74) is 0.653. The van der Waals surface area contributed by atoms with Gasteiger partial charge in [-0.2, -0.15) is 0 Å². The summed E-state index contributed by atoms with van der Waals surface area (Å²) in [5, 5.41) is 0. The van der Waals surface area contributed by atoms with Gasteiger partial charge < -0.3 is 4.74 Å². The van der Waals surface area contributed by atoms with Gasteiger partial charge >= 0.3 is 16.5 Å². The monoisotopic (exact) mass is 336 g/mol. The lowest BCUT2D eigenvalue weighted by molar-refractivity contribution is -0.143. The molecule has 2 aromatic rings. The highest BCUT2D eigenvalue weighted by Gasteiger charge is 2.19. The summed E-state index contributed by atoms with van der Waals surface area (Å²) in [6.45, 7) is 3.54. The van der Waals surface area contributed by atoms with E-state index in [0.717, 1.165) is 21.7 Å². The van der Waals surface area contributed by atoms with E-state index in [0.29, 0.717) is 12.8 Å². The van der Waals surface area contributed by atoms with E-state index in [-0.39, 0.29) is 19.2 Å². The number of nitrogens with zero attached hydrogens (tertiary/aromatic N) is 2. The smallest absolute Gasteiger partial charge is 0.341 e. The van der Waals surface area contributed by atoms with Crippen LogP contribution in [0.2, 0.25) is 0 Å². The van der Waals surface area contributed by atoms with Crippen molar-refractivity contribution in [1.29, 1.82) is 0 Å². The molecule has 23 heavy (non-hydrogen) atoms. The number of benzene rings is 1. The molecule has 0 unspecified atom stereocenters. The molecule has 0 saturated heterocycles. The van der Waals surface area contributed by atoms with Crippen molar-refractivity contribution < 1.29 is 9.53 Å². The van der Waals surface area contributed by atoms with Gasteiger partial charge in [-0.1, -0.05) is 37.3 Å². The molecule has 0 aliphatic heterocycles. The lowest BCUT2D eigenvalue weighted by atomic mass is 10.0. The summed E-state index contributed by atoms with van der Waals surface area (Å²) < 4.78 is 7.21. The number of esters is 1. The molecule has 6 nitrogen and oxygen atoms in total. The van der Waals surface area contributed by atoms with Gasteiger partial charge in [-0.25, -0.2) is 13.3 Å². The van der Waals surface area contributed by atoms with Crippen LogP contribution in [0.1, 0.15) is 31.9 Å². The second kappa shape index (κ2) is 7.92. The van der Waals surface area contributed by atoms with Crippen LogP contribution in [-0.2, 0) is 22.5 Å². The molecular weight excluding hydrogens is 316 g/mol. The Kier molecular flexibility index (Phi) is 5.92. The Morgan fingerprint density at radius 2 is 1.91 bits per heavy atom. The normalized spacial score (nSPS) is 12.1. The second-order valence-electron chi connectivity index (χ2n) is 5.11. The Labute approximate surface area is 138 Å². The van der Waals surface area contributed by atoms with Gasteiger partial charge in [-0.05, 0) is 25.3 Å². The minimum atomic E-state index is -0.576. The van der Waals surface area contributed by atoms with Crippen molar-refractivity contribution in [1.82, 2.24) is 8.52 Å². The Morgan fingerprint density at radius 1 is 1.22 bits per heavy atom. The van der Waals surface area contributed by atoms with Gasteiger partial charge in [0.15, 0.2) is 0 Å². The molecule has 0 amide bonds. The third-order valence-electron chi connectivity index (χ3n) is 3.53. The summed E-state index contributed by atoms with van der Waals surface area (Å²) in [6.07, 6.45) is 1.38. The molecule has 0 N–H and O–H groups in total. The minimum Gasteiger partial charge on any atom is -0.465 e. The summed E-state index contributed by atoms with van der Waals surface area (Å²) in [7, 11) is 0. The number of carbonyl (C=O) groups is 1. The first-order valence-electron chi connectivity index (χ1n) is 7.59. The third-order valence-corrected chi connectivity index (χ3v) is 4.55. The molecule has 1 atom stereocenters. The Morgan fingerprint density at radius 3 is 2.52 bits per heavy atom. The van der Waals surface area contributed by atoms with Crippen LogP contribution in [-0.4, -0.2) is 21.1 Å². The maximum absolute atomic E-state index is 12.4. The highest BCUT2D eigenvalue weighted by Crippen LogP contribution is 2.17. The van der Waals surface area contributed by atoms with Crippen LogP contribution >= 0.6 is 11.5 Å². The fourth-order valence-corrected chi connectivity index (χ4v) is 3.31. The number of ether oxygens (including phenoxy) is 1. The quantitative estimate of drug-likeness (QED) is 0.723. The minimum absolute atomic E-state index is 0.106.